The minimum atomic E-state index is 0.123. The number of aromatic nitrogens is 2. The number of nitrogens with two attached hydrogens (primary N) is 1. The Morgan fingerprint density at radius 2 is 2.24 bits per heavy atom. The Labute approximate surface area is 124 Å². The van der Waals surface area contributed by atoms with Crippen LogP contribution in [0, 0.1) is 6.92 Å². The van der Waals surface area contributed by atoms with Crippen LogP contribution in [0.3, 0.4) is 0 Å². The third kappa shape index (κ3) is 3.34. The molecule has 2 rings (SSSR count). The van der Waals surface area contributed by atoms with Gasteiger partial charge in [0, 0.05) is 25.4 Å². The number of anilines is 1. The lowest BCUT2D eigenvalue weighted by Crippen LogP contribution is -2.13. The van der Waals surface area contributed by atoms with Gasteiger partial charge in [0.15, 0.2) is 5.84 Å². The van der Waals surface area contributed by atoms with Gasteiger partial charge in [-0.25, -0.2) is 0 Å². The van der Waals surface area contributed by atoms with Gasteiger partial charge in [-0.05, 0) is 30.5 Å². The summed E-state index contributed by atoms with van der Waals surface area (Å²) in [5.74, 6) is 0.123. The molecule has 0 bridgehead atoms. The van der Waals surface area contributed by atoms with Crippen molar-refractivity contribution in [3.8, 4) is 0 Å². The van der Waals surface area contributed by atoms with Crippen molar-refractivity contribution in [1.82, 2.24) is 9.78 Å². The SMILES string of the molecule is CCc1nn(C)cc1NCc1ccc(/C(N)=N/O)cc1C. The predicted octanol–water partition coefficient (Wildman–Crippen LogP) is 2.00. The average molecular weight is 287 g/mol. The molecular formula is C15H21N5O. The molecule has 0 atom stereocenters. The van der Waals surface area contributed by atoms with Crippen LogP contribution in [0.25, 0.3) is 0 Å². The zero-order chi connectivity index (χ0) is 15.4. The van der Waals surface area contributed by atoms with Crippen LogP contribution in [-0.4, -0.2) is 20.8 Å². The van der Waals surface area contributed by atoms with Crippen molar-refractivity contribution < 1.29 is 5.21 Å². The Morgan fingerprint density at radius 3 is 2.86 bits per heavy atom. The largest absolute Gasteiger partial charge is 0.409 e. The molecule has 0 saturated carbocycles. The maximum absolute atomic E-state index is 8.70. The van der Waals surface area contributed by atoms with Gasteiger partial charge < -0.3 is 16.3 Å². The van der Waals surface area contributed by atoms with Gasteiger partial charge in [-0.15, -0.1) is 0 Å². The van der Waals surface area contributed by atoms with E-state index in [1.165, 1.54) is 0 Å². The molecule has 0 amide bonds. The molecular weight excluding hydrogens is 266 g/mol. The number of nitrogens with zero attached hydrogens (tertiary/aromatic N) is 3. The lowest BCUT2D eigenvalue weighted by molar-refractivity contribution is 0.318. The Balaban J connectivity index is 2.13. The topological polar surface area (TPSA) is 88.5 Å². The highest BCUT2D eigenvalue weighted by molar-refractivity contribution is 5.97. The van der Waals surface area contributed by atoms with Gasteiger partial charge in [-0.1, -0.05) is 24.2 Å². The van der Waals surface area contributed by atoms with Crippen LogP contribution in [0.4, 0.5) is 5.69 Å². The Bertz CT molecular complexity index is 660. The van der Waals surface area contributed by atoms with Crippen molar-refractivity contribution in [2.24, 2.45) is 17.9 Å². The fraction of sp³-hybridized carbons (Fsp3) is 0.333. The number of hydrogen-bond acceptors (Lipinski definition) is 4. The number of hydrogen-bond donors (Lipinski definition) is 3. The standard InChI is InChI=1S/C15H21N5O/c1-4-13-14(9-20(3)18-13)17-8-12-6-5-11(7-10(12)2)15(16)19-21/h5-7,9,17,21H,4,8H2,1-3H3,(H2,16,19). The fourth-order valence-corrected chi connectivity index (χ4v) is 2.25. The second kappa shape index (κ2) is 6.30. The molecule has 112 valence electrons. The first-order valence-electron chi connectivity index (χ1n) is 6.89. The number of nitrogens with one attached hydrogen (secondary N) is 1. The molecule has 0 aliphatic heterocycles. The molecule has 1 aromatic carbocycles. The summed E-state index contributed by atoms with van der Waals surface area (Å²) in [5.41, 5.74) is 10.7. The van der Waals surface area contributed by atoms with Crippen molar-refractivity contribution in [1.29, 1.82) is 0 Å². The molecule has 4 N–H and O–H groups in total. The average Bonchev–Trinajstić information content (AvgIpc) is 2.85. The van der Waals surface area contributed by atoms with Gasteiger partial charge >= 0.3 is 0 Å². The van der Waals surface area contributed by atoms with E-state index in [1.807, 2.05) is 43.0 Å². The van der Waals surface area contributed by atoms with E-state index in [0.29, 0.717) is 6.54 Å². The number of amidine groups is 1. The molecule has 0 aliphatic rings. The number of benzene rings is 1. The van der Waals surface area contributed by atoms with E-state index < -0.39 is 0 Å². The van der Waals surface area contributed by atoms with Gasteiger partial charge in [0.05, 0.1) is 11.4 Å². The number of rotatable bonds is 5. The molecule has 0 fully saturated rings. The third-order valence-corrected chi connectivity index (χ3v) is 3.46. The van der Waals surface area contributed by atoms with Crippen molar-refractivity contribution in [3.63, 3.8) is 0 Å². The summed E-state index contributed by atoms with van der Waals surface area (Å²) < 4.78 is 1.82. The normalized spacial score (nSPS) is 11.7. The smallest absolute Gasteiger partial charge is 0.170 e. The van der Waals surface area contributed by atoms with E-state index in [9.17, 15) is 0 Å². The highest BCUT2D eigenvalue weighted by atomic mass is 16.4. The third-order valence-electron chi connectivity index (χ3n) is 3.46. The number of aryl methyl sites for hydroxylation is 3. The molecule has 1 heterocycles. The summed E-state index contributed by atoms with van der Waals surface area (Å²) in [7, 11) is 1.92. The Hall–Kier alpha value is -2.50. The van der Waals surface area contributed by atoms with Gasteiger partial charge in [0.1, 0.15) is 0 Å². The fourth-order valence-electron chi connectivity index (χ4n) is 2.25. The molecule has 1 aromatic heterocycles. The second-order valence-electron chi connectivity index (χ2n) is 5.00. The number of oxime groups is 1. The maximum atomic E-state index is 8.70. The maximum Gasteiger partial charge on any atom is 0.170 e. The lowest BCUT2D eigenvalue weighted by Gasteiger charge is -2.10. The van der Waals surface area contributed by atoms with Crippen LogP contribution in [0.2, 0.25) is 0 Å². The molecule has 21 heavy (non-hydrogen) atoms. The van der Waals surface area contributed by atoms with Gasteiger partial charge in [0.25, 0.3) is 0 Å². The molecule has 0 spiro atoms. The first kappa shape index (κ1) is 14.9. The molecule has 0 unspecified atom stereocenters. The van der Waals surface area contributed by atoms with Crippen LogP contribution in [0.1, 0.15) is 29.3 Å². The van der Waals surface area contributed by atoms with Crippen LogP contribution < -0.4 is 11.1 Å². The summed E-state index contributed by atoms with van der Waals surface area (Å²) in [6, 6.07) is 5.75. The second-order valence-corrected chi connectivity index (χ2v) is 5.00. The highest BCUT2D eigenvalue weighted by Crippen LogP contribution is 2.17. The van der Waals surface area contributed by atoms with Crippen LogP contribution in [0.15, 0.2) is 29.6 Å². The van der Waals surface area contributed by atoms with Crippen LogP contribution in [0.5, 0.6) is 0 Å². The lowest BCUT2D eigenvalue weighted by atomic mass is 10.0. The van der Waals surface area contributed by atoms with Crippen molar-refractivity contribution in [3.05, 3.63) is 46.8 Å². The van der Waals surface area contributed by atoms with E-state index in [4.69, 9.17) is 10.9 Å². The minimum absolute atomic E-state index is 0.123. The molecule has 2 aromatic rings. The molecule has 6 heteroatoms. The van der Waals surface area contributed by atoms with E-state index in [2.05, 4.69) is 22.5 Å². The van der Waals surface area contributed by atoms with Crippen LogP contribution in [-0.2, 0) is 20.0 Å². The highest BCUT2D eigenvalue weighted by Gasteiger charge is 2.07. The molecule has 0 radical (unpaired) electrons. The summed E-state index contributed by atoms with van der Waals surface area (Å²) in [5, 5.41) is 19.5. The summed E-state index contributed by atoms with van der Waals surface area (Å²) in [6.07, 6.45) is 2.88. The Morgan fingerprint density at radius 1 is 1.48 bits per heavy atom. The van der Waals surface area contributed by atoms with E-state index >= 15 is 0 Å². The minimum Gasteiger partial charge on any atom is -0.409 e. The van der Waals surface area contributed by atoms with Gasteiger partial charge in [0.2, 0.25) is 0 Å². The van der Waals surface area contributed by atoms with Crippen molar-refractivity contribution >= 4 is 11.5 Å². The molecule has 0 aliphatic carbocycles. The summed E-state index contributed by atoms with van der Waals surface area (Å²) in [6.45, 7) is 4.81. The molecule has 6 nitrogen and oxygen atoms in total. The predicted molar refractivity (Wildman–Crippen MR) is 83.6 cm³/mol. The van der Waals surface area contributed by atoms with Gasteiger partial charge in [-0.3, -0.25) is 4.68 Å². The van der Waals surface area contributed by atoms with E-state index in [0.717, 1.165) is 34.5 Å². The zero-order valence-electron chi connectivity index (χ0n) is 12.6. The zero-order valence-corrected chi connectivity index (χ0v) is 12.6. The molecule has 0 saturated heterocycles. The van der Waals surface area contributed by atoms with E-state index in [1.54, 1.807) is 0 Å². The van der Waals surface area contributed by atoms with Crippen molar-refractivity contribution in [2.75, 3.05) is 5.32 Å². The first-order chi connectivity index (χ1) is 10.0. The Kier molecular flexibility index (Phi) is 4.47. The summed E-state index contributed by atoms with van der Waals surface area (Å²) >= 11 is 0. The summed E-state index contributed by atoms with van der Waals surface area (Å²) in [4.78, 5) is 0. The van der Waals surface area contributed by atoms with Crippen LogP contribution >= 0.6 is 0 Å². The van der Waals surface area contributed by atoms with Gasteiger partial charge in [-0.2, -0.15) is 5.10 Å². The van der Waals surface area contributed by atoms with Crippen molar-refractivity contribution in [2.45, 2.75) is 26.8 Å². The monoisotopic (exact) mass is 287 g/mol. The quantitative estimate of drug-likeness (QED) is 0.340. The van der Waals surface area contributed by atoms with E-state index in [-0.39, 0.29) is 5.84 Å². The first-order valence-corrected chi connectivity index (χ1v) is 6.89.